The van der Waals surface area contributed by atoms with Gasteiger partial charge < -0.3 is 14.8 Å². The van der Waals surface area contributed by atoms with Gasteiger partial charge in [-0.25, -0.2) is 0 Å². The first-order valence-electron chi connectivity index (χ1n) is 7.38. The molecule has 1 saturated heterocycles. The topological polar surface area (TPSA) is 73.6 Å². The highest BCUT2D eigenvalue weighted by Crippen LogP contribution is 2.29. The fourth-order valence-electron chi connectivity index (χ4n) is 2.49. The van der Waals surface area contributed by atoms with Crippen LogP contribution in [0.5, 0.6) is 0 Å². The molecule has 1 fully saturated rings. The van der Waals surface area contributed by atoms with E-state index in [1.165, 1.54) is 6.07 Å². The van der Waals surface area contributed by atoms with E-state index in [9.17, 15) is 10.1 Å². The largest absolute Gasteiger partial charge is 0.381 e. The maximum absolute atomic E-state index is 11.1. The molecule has 0 atom stereocenters. The highest BCUT2D eigenvalue weighted by atomic mass is 16.6. The normalized spacial score (nSPS) is 15.9. The minimum absolute atomic E-state index is 0.101. The van der Waals surface area contributed by atoms with Gasteiger partial charge in [-0.2, -0.15) is 0 Å². The predicted molar refractivity (Wildman–Crippen MR) is 80.5 cm³/mol. The van der Waals surface area contributed by atoms with E-state index in [1.54, 1.807) is 6.07 Å². The van der Waals surface area contributed by atoms with Crippen molar-refractivity contribution in [2.75, 3.05) is 31.7 Å². The molecule has 0 aromatic heterocycles. The lowest BCUT2D eigenvalue weighted by Gasteiger charge is -2.22. The number of benzene rings is 1. The van der Waals surface area contributed by atoms with Crippen molar-refractivity contribution in [1.82, 2.24) is 0 Å². The van der Waals surface area contributed by atoms with Crippen molar-refractivity contribution in [2.45, 2.75) is 26.4 Å². The Morgan fingerprint density at radius 3 is 2.86 bits per heavy atom. The van der Waals surface area contributed by atoms with Crippen molar-refractivity contribution in [1.29, 1.82) is 0 Å². The van der Waals surface area contributed by atoms with Crippen LogP contribution in [0.2, 0.25) is 0 Å². The van der Waals surface area contributed by atoms with E-state index >= 15 is 0 Å². The van der Waals surface area contributed by atoms with Gasteiger partial charge in [0, 0.05) is 31.4 Å². The van der Waals surface area contributed by atoms with E-state index in [0.29, 0.717) is 31.4 Å². The number of hydrogen-bond acceptors (Lipinski definition) is 5. The van der Waals surface area contributed by atoms with Crippen molar-refractivity contribution in [3.8, 4) is 0 Å². The number of hydrogen-bond donors (Lipinski definition) is 1. The zero-order valence-electron chi connectivity index (χ0n) is 12.3. The first-order chi connectivity index (χ1) is 10.2. The number of anilines is 1. The van der Waals surface area contributed by atoms with Crippen molar-refractivity contribution < 1.29 is 14.4 Å². The number of rotatable bonds is 7. The van der Waals surface area contributed by atoms with Gasteiger partial charge in [-0.15, -0.1) is 0 Å². The third-order valence-corrected chi connectivity index (χ3v) is 3.63. The second-order valence-electron chi connectivity index (χ2n) is 5.17. The Morgan fingerprint density at radius 1 is 1.43 bits per heavy atom. The number of nitro benzene ring substituents is 1. The van der Waals surface area contributed by atoms with Crippen molar-refractivity contribution in [3.05, 3.63) is 33.9 Å². The van der Waals surface area contributed by atoms with Crippen LogP contribution in [-0.2, 0) is 16.1 Å². The quantitative estimate of drug-likeness (QED) is 0.618. The Bertz CT molecular complexity index is 473. The minimum Gasteiger partial charge on any atom is -0.381 e. The molecular weight excluding hydrogens is 272 g/mol. The van der Waals surface area contributed by atoms with Crippen LogP contribution < -0.4 is 5.32 Å². The maximum Gasteiger partial charge on any atom is 0.292 e. The summed E-state index contributed by atoms with van der Waals surface area (Å²) in [5, 5.41) is 14.2. The second kappa shape index (κ2) is 7.95. The van der Waals surface area contributed by atoms with Crippen LogP contribution in [0.25, 0.3) is 0 Å². The molecule has 0 bridgehead atoms. The van der Waals surface area contributed by atoms with Crippen LogP contribution in [0.3, 0.4) is 0 Å². The van der Waals surface area contributed by atoms with Crippen LogP contribution in [0.4, 0.5) is 11.4 Å². The molecule has 0 unspecified atom stereocenters. The van der Waals surface area contributed by atoms with E-state index in [1.807, 2.05) is 13.0 Å². The molecule has 1 heterocycles. The van der Waals surface area contributed by atoms with Gasteiger partial charge >= 0.3 is 0 Å². The van der Waals surface area contributed by atoms with Gasteiger partial charge in [-0.05, 0) is 25.7 Å². The summed E-state index contributed by atoms with van der Waals surface area (Å²) in [6.45, 7) is 5.22. The Balaban J connectivity index is 1.98. The standard InChI is InChI=1S/C15H22N2O4/c1-2-16-15-13(4-3-5-14(15)17(18)19)11-21-10-12-6-8-20-9-7-12/h3-5,12,16H,2,6-11H2,1H3. The van der Waals surface area contributed by atoms with Gasteiger partial charge in [0.05, 0.1) is 18.1 Å². The molecular formula is C15H22N2O4. The first-order valence-corrected chi connectivity index (χ1v) is 7.38. The fourth-order valence-corrected chi connectivity index (χ4v) is 2.49. The van der Waals surface area contributed by atoms with Crippen LogP contribution in [-0.4, -0.2) is 31.3 Å². The lowest BCUT2D eigenvalue weighted by molar-refractivity contribution is -0.384. The molecule has 6 heteroatoms. The number of nitrogens with zero attached hydrogens (tertiary/aromatic N) is 1. The summed E-state index contributed by atoms with van der Waals surface area (Å²) in [7, 11) is 0. The molecule has 1 aromatic carbocycles. The van der Waals surface area contributed by atoms with E-state index in [2.05, 4.69) is 5.32 Å². The Kier molecular flexibility index (Phi) is 5.95. The Morgan fingerprint density at radius 2 is 2.19 bits per heavy atom. The molecule has 0 spiro atoms. The van der Waals surface area contributed by atoms with E-state index in [0.717, 1.165) is 31.6 Å². The van der Waals surface area contributed by atoms with E-state index in [-0.39, 0.29) is 10.6 Å². The summed E-state index contributed by atoms with van der Waals surface area (Å²) < 4.78 is 11.1. The van der Waals surface area contributed by atoms with Crippen molar-refractivity contribution in [3.63, 3.8) is 0 Å². The average Bonchev–Trinajstić information content (AvgIpc) is 2.50. The second-order valence-corrected chi connectivity index (χ2v) is 5.17. The summed E-state index contributed by atoms with van der Waals surface area (Å²) in [4.78, 5) is 10.7. The molecule has 116 valence electrons. The summed E-state index contributed by atoms with van der Waals surface area (Å²) >= 11 is 0. The smallest absolute Gasteiger partial charge is 0.292 e. The van der Waals surface area contributed by atoms with Crippen LogP contribution >= 0.6 is 0 Å². The molecule has 2 rings (SSSR count). The van der Waals surface area contributed by atoms with Crippen LogP contribution in [0.15, 0.2) is 18.2 Å². The van der Waals surface area contributed by atoms with Gasteiger partial charge in [0.1, 0.15) is 5.69 Å². The molecule has 0 aliphatic carbocycles. The lowest BCUT2D eigenvalue weighted by atomic mass is 10.0. The first kappa shape index (κ1) is 15.7. The Hall–Kier alpha value is -1.66. The minimum atomic E-state index is -0.361. The van der Waals surface area contributed by atoms with Gasteiger partial charge in [-0.1, -0.05) is 12.1 Å². The predicted octanol–water partition coefficient (Wildman–Crippen LogP) is 2.97. The molecule has 1 aromatic rings. The highest BCUT2D eigenvalue weighted by molar-refractivity contribution is 5.66. The molecule has 21 heavy (non-hydrogen) atoms. The monoisotopic (exact) mass is 294 g/mol. The summed E-state index contributed by atoms with van der Waals surface area (Å²) in [5.74, 6) is 0.528. The van der Waals surface area contributed by atoms with Crippen LogP contribution in [0, 0.1) is 16.0 Å². The van der Waals surface area contributed by atoms with Gasteiger partial charge in [0.2, 0.25) is 0 Å². The third kappa shape index (κ3) is 4.41. The molecule has 0 saturated carbocycles. The number of nitrogens with one attached hydrogen (secondary N) is 1. The zero-order chi connectivity index (χ0) is 15.1. The molecule has 0 amide bonds. The van der Waals surface area contributed by atoms with Crippen molar-refractivity contribution >= 4 is 11.4 Å². The van der Waals surface area contributed by atoms with Gasteiger partial charge in [-0.3, -0.25) is 10.1 Å². The lowest BCUT2D eigenvalue weighted by Crippen LogP contribution is -2.20. The summed E-state index contributed by atoms with van der Waals surface area (Å²) in [6, 6.07) is 5.08. The maximum atomic E-state index is 11.1. The highest BCUT2D eigenvalue weighted by Gasteiger charge is 2.18. The summed E-state index contributed by atoms with van der Waals surface area (Å²) in [5.41, 5.74) is 1.50. The number of para-hydroxylation sites is 1. The molecule has 1 aliphatic heterocycles. The summed E-state index contributed by atoms with van der Waals surface area (Å²) in [6.07, 6.45) is 2.05. The zero-order valence-corrected chi connectivity index (χ0v) is 12.3. The number of nitro groups is 1. The molecule has 0 radical (unpaired) electrons. The third-order valence-electron chi connectivity index (χ3n) is 3.63. The molecule has 1 N–H and O–H groups in total. The fraction of sp³-hybridized carbons (Fsp3) is 0.600. The van der Waals surface area contributed by atoms with Gasteiger partial charge in [0.25, 0.3) is 5.69 Å². The Labute approximate surface area is 124 Å². The molecule has 6 nitrogen and oxygen atoms in total. The number of ether oxygens (including phenoxy) is 2. The SMILES string of the molecule is CCNc1c(COCC2CCOCC2)cccc1[N+](=O)[O-]. The van der Waals surface area contributed by atoms with Crippen molar-refractivity contribution in [2.24, 2.45) is 5.92 Å². The van der Waals surface area contributed by atoms with Crippen LogP contribution in [0.1, 0.15) is 25.3 Å². The van der Waals surface area contributed by atoms with E-state index < -0.39 is 0 Å². The van der Waals surface area contributed by atoms with Gasteiger partial charge in [0.15, 0.2) is 0 Å². The molecule has 1 aliphatic rings. The van der Waals surface area contributed by atoms with E-state index in [4.69, 9.17) is 9.47 Å². The average molecular weight is 294 g/mol.